The molecule has 0 aliphatic heterocycles. The van der Waals surface area contributed by atoms with Gasteiger partial charge in [-0.2, -0.15) is 0 Å². The van der Waals surface area contributed by atoms with Crippen molar-refractivity contribution in [3.63, 3.8) is 0 Å². The van der Waals surface area contributed by atoms with Gasteiger partial charge in [-0.3, -0.25) is 0 Å². The van der Waals surface area contributed by atoms with E-state index in [4.69, 9.17) is 0 Å². The van der Waals surface area contributed by atoms with Gasteiger partial charge in [0.25, 0.3) is 0 Å². The third kappa shape index (κ3) is 3.72. The fourth-order valence-corrected chi connectivity index (χ4v) is 3.78. The normalized spacial score (nSPS) is 17.8. The third-order valence-corrected chi connectivity index (χ3v) is 4.92. The van der Waals surface area contributed by atoms with Crippen molar-refractivity contribution in [2.75, 3.05) is 19.8 Å². The minimum absolute atomic E-state index is 0.247. The Balaban J connectivity index is 5.12. The summed E-state index contributed by atoms with van der Waals surface area (Å²) in [7, 11) is 0. The van der Waals surface area contributed by atoms with Gasteiger partial charge in [-0.1, -0.05) is 0 Å². The topological polar surface area (TPSA) is 82.1 Å². The first-order chi connectivity index (χ1) is 5.71. The van der Waals surface area contributed by atoms with E-state index in [0.717, 1.165) is 0 Å². The van der Waals surface area contributed by atoms with Crippen molar-refractivity contribution in [1.82, 2.24) is 0 Å². The van der Waals surface area contributed by atoms with E-state index >= 15 is 0 Å². The molecule has 0 saturated carbocycles. The Bertz CT molecular complexity index is 283. The molecular weight excluding hydrogens is 219 g/mol. The molecule has 81 valence electrons. The summed E-state index contributed by atoms with van der Waals surface area (Å²) in [5, 5.41) is 0. The molecule has 0 rings (SSSR count). The van der Waals surface area contributed by atoms with Gasteiger partial charge in [-0.05, 0) is 0 Å². The van der Waals surface area contributed by atoms with Gasteiger partial charge in [0.2, 0.25) is 0 Å². The molecule has 0 aliphatic rings. The predicted octanol–water partition coefficient (Wildman–Crippen LogP) is 0.665. The summed E-state index contributed by atoms with van der Waals surface area (Å²) in [6, 6.07) is 0. The fourth-order valence-electron chi connectivity index (χ4n) is 0.917. The monoisotopic (exact) mass is 235 g/mol. The Morgan fingerprint density at radius 1 is 0.923 bits per heavy atom. The molecule has 0 aromatic carbocycles. The molecule has 0 spiro atoms. The first-order valence-electron chi connectivity index (χ1n) is 4.10. The molecule has 0 radical (unpaired) electrons. The van der Waals surface area contributed by atoms with Crippen LogP contribution in [-0.4, -0.2) is 23.9 Å². The van der Waals surface area contributed by atoms with E-state index in [1.54, 1.807) is 0 Å². The van der Waals surface area contributed by atoms with Gasteiger partial charge in [-0.25, -0.2) is 0 Å². The van der Waals surface area contributed by atoms with E-state index < -0.39 is 13.1 Å². The van der Waals surface area contributed by atoms with Crippen LogP contribution in [0.4, 0.5) is 0 Å². The van der Waals surface area contributed by atoms with Gasteiger partial charge < -0.3 is 0 Å². The second-order valence-electron chi connectivity index (χ2n) is 2.41. The van der Waals surface area contributed by atoms with Crippen molar-refractivity contribution in [2.45, 2.75) is 20.8 Å². The predicted molar refractivity (Wildman–Crippen MR) is 38.5 cm³/mol. The maximum atomic E-state index is 11.6. The zero-order valence-electron chi connectivity index (χ0n) is 8.06. The SMILES string of the molecule is CC[O][V](=[O])(=[O])([OH])([O]CC)[O]CC. The van der Waals surface area contributed by atoms with Gasteiger partial charge in [0.1, 0.15) is 0 Å². The molecule has 13 heavy (non-hydrogen) atoms. The zero-order valence-corrected chi connectivity index (χ0v) is 9.45. The van der Waals surface area contributed by atoms with E-state index in [-0.39, 0.29) is 19.8 Å². The third-order valence-electron chi connectivity index (χ3n) is 1.19. The van der Waals surface area contributed by atoms with Crippen LogP contribution in [0.1, 0.15) is 20.8 Å². The van der Waals surface area contributed by atoms with Crippen molar-refractivity contribution in [3.8, 4) is 0 Å². The second-order valence-corrected chi connectivity index (χ2v) is 7.22. The summed E-state index contributed by atoms with van der Waals surface area (Å²) in [5.74, 6) is 0. The van der Waals surface area contributed by atoms with Crippen LogP contribution in [0.5, 0.6) is 0 Å². The van der Waals surface area contributed by atoms with Crippen LogP contribution in [0.25, 0.3) is 0 Å². The van der Waals surface area contributed by atoms with E-state index in [1.165, 1.54) is 20.8 Å². The molecule has 6 nitrogen and oxygen atoms in total. The molecule has 0 aliphatic carbocycles. The van der Waals surface area contributed by atoms with Gasteiger partial charge in [0.05, 0.1) is 0 Å². The van der Waals surface area contributed by atoms with Gasteiger partial charge >= 0.3 is 76.0 Å². The molecule has 0 heterocycles. The second kappa shape index (κ2) is 3.31. The van der Waals surface area contributed by atoms with E-state index in [0.29, 0.717) is 0 Å². The Hall–Kier alpha value is 0.0244. The molecule has 1 N–H and O–H groups in total. The van der Waals surface area contributed by atoms with Gasteiger partial charge in [0.15, 0.2) is 0 Å². The van der Waals surface area contributed by atoms with Gasteiger partial charge in [0, 0.05) is 0 Å². The summed E-state index contributed by atoms with van der Waals surface area (Å²) in [5.41, 5.74) is 0. The standard InChI is InChI=1S/3C2H5O.H2O.2O.V/c3*1-2-3;;;;/h3*2H2,1H3;1H2;;;/q3*-1;;;;+4/p-1. The van der Waals surface area contributed by atoms with Crippen LogP contribution >= 0.6 is 0 Å². The van der Waals surface area contributed by atoms with Crippen molar-refractivity contribution >= 4 is 0 Å². The van der Waals surface area contributed by atoms with Crippen LogP contribution < -0.4 is 0 Å². The quantitative estimate of drug-likeness (QED) is 0.728. The first-order valence-corrected chi connectivity index (χ1v) is 7.58. The molecular formula is C6H16O6V. The Morgan fingerprint density at radius 2 is 1.15 bits per heavy atom. The molecule has 7 heteroatoms. The number of hydrogen-bond donors (Lipinski definition) is 1. The fraction of sp³-hybridized carbons (Fsp3) is 1.00. The van der Waals surface area contributed by atoms with Crippen molar-refractivity contribution in [2.24, 2.45) is 0 Å². The van der Waals surface area contributed by atoms with Crippen LogP contribution in [0.15, 0.2) is 0 Å². The molecule has 0 aromatic heterocycles. The summed E-state index contributed by atoms with van der Waals surface area (Å²) in [6.45, 7) is 3.48. The minimum atomic E-state index is -7.37. The zero-order chi connectivity index (χ0) is 10.7. The maximum absolute atomic E-state index is 11.6. The molecule has 0 fully saturated rings. The average molecular weight is 235 g/mol. The molecule has 0 saturated heterocycles. The Labute approximate surface area is 76.5 Å². The van der Waals surface area contributed by atoms with Gasteiger partial charge in [-0.15, -0.1) is 0 Å². The Morgan fingerprint density at radius 3 is 1.31 bits per heavy atom. The first kappa shape index (κ1) is 13.0. The summed E-state index contributed by atoms with van der Waals surface area (Å²) < 4.78 is 45.3. The van der Waals surface area contributed by atoms with E-state index in [9.17, 15) is 11.4 Å². The number of rotatable bonds is 6. The molecule has 0 bridgehead atoms. The van der Waals surface area contributed by atoms with Crippen LogP contribution in [0.3, 0.4) is 0 Å². The summed E-state index contributed by atoms with van der Waals surface area (Å²) >= 11 is -7.37. The molecule has 0 amide bonds. The molecule has 0 unspecified atom stereocenters. The van der Waals surface area contributed by atoms with Crippen molar-refractivity contribution in [1.29, 1.82) is 0 Å². The van der Waals surface area contributed by atoms with E-state index in [1.807, 2.05) is 0 Å². The molecule has 0 atom stereocenters. The van der Waals surface area contributed by atoms with Crippen LogP contribution in [0, 0.1) is 0 Å². The average Bonchev–Trinajstić information content (AvgIpc) is 1.84. The summed E-state index contributed by atoms with van der Waals surface area (Å²) in [4.78, 5) is 0. The molecule has 0 aromatic rings. The van der Waals surface area contributed by atoms with Crippen molar-refractivity contribution in [3.05, 3.63) is 0 Å². The van der Waals surface area contributed by atoms with Crippen LogP contribution in [-0.2, 0) is 31.4 Å². The van der Waals surface area contributed by atoms with E-state index in [2.05, 4.69) is 11.0 Å². The Kier molecular flexibility index (Phi) is 3.31. The number of hydrogen-bond acceptors (Lipinski definition) is 5. The summed E-state index contributed by atoms with van der Waals surface area (Å²) in [6.07, 6.45) is 0. The van der Waals surface area contributed by atoms with Crippen LogP contribution in [0.2, 0.25) is 0 Å². The van der Waals surface area contributed by atoms with Crippen molar-refractivity contribution < 1.29 is 35.4 Å².